The van der Waals surface area contributed by atoms with E-state index < -0.39 is 0 Å². The number of rotatable bonds is 6. The molecule has 1 N–H and O–H groups in total. The number of nitrogens with zero attached hydrogens (tertiary/aromatic N) is 1. The molecule has 2 aromatic heterocycles. The van der Waals surface area contributed by atoms with Gasteiger partial charge in [-0.3, -0.25) is 9.78 Å². The molecule has 122 valence electrons. The van der Waals surface area contributed by atoms with Gasteiger partial charge in [-0.25, -0.2) is 0 Å². The van der Waals surface area contributed by atoms with E-state index in [9.17, 15) is 4.79 Å². The smallest absolute Gasteiger partial charge is 0.255 e. The van der Waals surface area contributed by atoms with Crippen LogP contribution in [-0.4, -0.2) is 17.5 Å². The lowest BCUT2D eigenvalue weighted by Gasteiger charge is -2.10. The SMILES string of the molecule is CCOc1ccccc1C(=O)NCc1cncc(-c2ccsc2)c1. The topological polar surface area (TPSA) is 51.2 Å². The van der Waals surface area contributed by atoms with Crippen molar-refractivity contribution in [3.63, 3.8) is 0 Å². The minimum atomic E-state index is -0.153. The molecule has 3 aromatic rings. The number of carbonyl (C=O) groups is 1. The number of thiophene rings is 1. The monoisotopic (exact) mass is 338 g/mol. The van der Waals surface area contributed by atoms with E-state index in [2.05, 4.69) is 21.7 Å². The highest BCUT2D eigenvalue weighted by Gasteiger charge is 2.11. The maximum absolute atomic E-state index is 12.4. The fraction of sp³-hybridized carbons (Fsp3) is 0.158. The third kappa shape index (κ3) is 3.81. The number of nitrogens with one attached hydrogen (secondary N) is 1. The van der Waals surface area contributed by atoms with Gasteiger partial charge in [0.2, 0.25) is 0 Å². The zero-order valence-corrected chi connectivity index (χ0v) is 14.2. The highest BCUT2D eigenvalue weighted by molar-refractivity contribution is 7.08. The number of para-hydroxylation sites is 1. The van der Waals surface area contributed by atoms with Crippen molar-refractivity contribution in [2.45, 2.75) is 13.5 Å². The summed E-state index contributed by atoms with van der Waals surface area (Å²) in [6.45, 7) is 2.84. The second-order valence-corrected chi connectivity index (χ2v) is 5.99. The van der Waals surface area contributed by atoms with Gasteiger partial charge in [-0.05, 0) is 53.1 Å². The van der Waals surface area contributed by atoms with Gasteiger partial charge in [0, 0.05) is 24.5 Å². The van der Waals surface area contributed by atoms with E-state index in [1.165, 1.54) is 0 Å². The molecule has 0 radical (unpaired) electrons. The van der Waals surface area contributed by atoms with Crippen LogP contribution in [0.5, 0.6) is 5.75 Å². The number of hydrogen-bond acceptors (Lipinski definition) is 4. The zero-order chi connectivity index (χ0) is 16.8. The maximum Gasteiger partial charge on any atom is 0.255 e. The van der Waals surface area contributed by atoms with E-state index in [-0.39, 0.29) is 5.91 Å². The Morgan fingerprint density at radius 2 is 2.08 bits per heavy atom. The van der Waals surface area contributed by atoms with E-state index in [1.54, 1.807) is 29.7 Å². The second kappa shape index (κ2) is 7.75. The predicted molar refractivity (Wildman–Crippen MR) is 96.3 cm³/mol. The zero-order valence-electron chi connectivity index (χ0n) is 13.4. The molecule has 0 unspecified atom stereocenters. The van der Waals surface area contributed by atoms with Gasteiger partial charge in [0.25, 0.3) is 5.91 Å². The summed E-state index contributed by atoms with van der Waals surface area (Å²) >= 11 is 1.65. The van der Waals surface area contributed by atoms with Gasteiger partial charge in [0.05, 0.1) is 12.2 Å². The first kappa shape index (κ1) is 16.2. The van der Waals surface area contributed by atoms with E-state index in [0.717, 1.165) is 16.7 Å². The molecule has 0 spiro atoms. The van der Waals surface area contributed by atoms with Gasteiger partial charge in [0.1, 0.15) is 5.75 Å². The number of pyridine rings is 1. The van der Waals surface area contributed by atoms with Crippen molar-refractivity contribution in [2.24, 2.45) is 0 Å². The number of ether oxygens (including phenoxy) is 1. The molecule has 0 bridgehead atoms. The van der Waals surface area contributed by atoms with Crippen LogP contribution in [0.25, 0.3) is 11.1 Å². The summed E-state index contributed by atoms with van der Waals surface area (Å²) in [4.78, 5) is 16.7. The van der Waals surface area contributed by atoms with Gasteiger partial charge in [-0.15, -0.1) is 0 Å². The largest absolute Gasteiger partial charge is 0.493 e. The average Bonchev–Trinajstić information content (AvgIpc) is 3.15. The third-order valence-corrected chi connectivity index (χ3v) is 4.22. The molecule has 0 aliphatic heterocycles. The molecular formula is C19H18N2O2S. The molecule has 1 amide bonds. The van der Waals surface area contributed by atoms with Crippen LogP contribution < -0.4 is 10.1 Å². The summed E-state index contributed by atoms with van der Waals surface area (Å²) in [6.07, 6.45) is 3.60. The van der Waals surface area contributed by atoms with Crippen molar-refractivity contribution < 1.29 is 9.53 Å². The van der Waals surface area contributed by atoms with E-state index in [0.29, 0.717) is 24.5 Å². The van der Waals surface area contributed by atoms with Crippen LogP contribution in [0.1, 0.15) is 22.8 Å². The van der Waals surface area contributed by atoms with Crippen molar-refractivity contribution >= 4 is 17.2 Å². The van der Waals surface area contributed by atoms with Gasteiger partial charge in [-0.1, -0.05) is 12.1 Å². The van der Waals surface area contributed by atoms with Crippen LogP contribution in [0.3, 0.4) is 0 Å². The summed E-state index contributed by atoms with van der Waals surface area (Å²) < 4.78 is 5.51. The summed E-state index contributed by atoms with van der Waals surface area (Å²) in [7, 11) is 0. The molecule has 0 aliphatic carbocycles. The van der Waals surface area contributed by atoms with Crippen LogP contribution >= 0.6 is 11.3 Å². The van der Waals surface area contributed by atoms with Gasteiger partial charge in [0.15, 0.2) is 0 Å². The molecule has 0 atom stereocenters. The summed E-state index contributed by atoms with van der Waals surface area (Å²) in [6, 6.07) is 11.4. The number of carbonyl (C=O) groups excluding carboxylic acids is 1. The molecule has 4 nitrogen and oxygen atoms in total. The predicted octanol–water partition coefficient (Wildman–Crippen LogP) is 4.14. The molecule has 0 saturated heterocycles. The third-order valence-electron chi connectivity index (χ3n) is 3.53. The van der Waals surface area contributed by atoms with Crippen molar-refractivity contribution in [1.29, 1.82) is 0 Å². The molecule has 0 aliphatic rings. The molecule has 0 saturated carbocycles. The van der Waals surface area contributed by atoms with Crippen LogP contribution in [-0.2, 0) is 6.54 Å². The van der Waals surface area contributed by atoms with Crippen molar-refractivity contribution in [2.75, 3.05) is 6.61 Å². The number of aromatic nitrogens is 1. The maximum atomic E-state index is 12.4. The number of benzene rings is 1. The van der Waals surface area contributed by atoms with E-state index >= 15 is 0 Å². The fourth-order valence-corrected chi connectivity index (χ4v) is 3.05. The normalized spacial score (nSPS) is 10.4. The molecular weight excluding hydrogens is 320 g/mol. The minimum Gasteiger partial charge on any atom is -0.493 e. The lowest BCUT2D eigenvalue weighted by molar-refractivity contribution is 0.0947. The van der Waals surface area contributed by atoms with Crippen molar-refractivity contribution in [3.8, 4) is 16.9 Å². The molecule has 2 heterocycles. The molecule has 3 rings (SSSR count). The van der Waals surface area contributed by atoms with Crippen LogP contribution in [0.4, 0.5) is 0 Å². The lowest BCUT2D eigenvalue weighted by atomic mass is 10.1. The van der Waals surface area contributed by atoms with Gasteiger partial charge in [-0.2, -0.15) is 11.3 Å². The van der Waals surface area contributed by atoms with Crippen molar-refractivity contribution in [3.05, 3.63) is 70.7 Å². The Labute approximate surface area is 145 Å². The van der Waals surface area contributed by atoms with Gasteiger partial charge >= 0.3 is 0 Å². The van der Waals surface area contributed by atoms with Crippen molar-refractivity contribution in [1.82, 2.24) is 10.3 Å². The molecule has 1 aromatic carbocycles. The Balaban J connectivity index is 1.70. The Hall–Kier alpha value is -2.66. The van der Waals surface area contributed by atoms with Crippen LogP contribution in [0, 0.1) is 0 Å². The Bertz CT molecular complexity index is 816. The minimum absolute atomic E-state index is 0.153. The molecule has 24 heavy (non-hydrogen) atoms. The number of hydrogen-bond donors (Lipinski definition) is 1. The Kier molecular flexibility index (Phi) is 5.23. The quantitative estimate of drug-likeness (QED) is 0.735. The molecule has 5 heteroatoms. The van der Waals surface area contributed by atoms with E-state index in [4.69, 9.17) is 4.74 Å². The summed E-state index contributed by atoms with van der Waals surface area (Å²) in [5.74, 6) is 0.447. The van der Waals surface area contributed by atoms with Crippen LogP contribution in [0.2, 0.25) is 0 Å². The summed E-state index contributed by atoms with van der Waals surface area (Å²) in [5, 5.41) is 7.05. The van der Waals surface area contributed by atoms with E-state index in [1.807, 2.05) is 36.7 Å². The standard InChI is InChI=1S/C19H18N2O2S/c1-2-23-18-6-4-3-5-17(18)19(22)21-11-14-9-16(12-20-10-14)15-7-8-24-13-15/h3-10,12-13H,2,11H2,1H3,(H,21,22). The van der Waals surface area contributed by atoms with Crippen LogP contribution in [0.15, 0.2) is 59.6 Å². The fourth-order valence-electron chi connectivity index (χ4n) is 2.38. The Morgan fingerprint density at radius 3 is 2.88 bits per heavy atom. The highest BCUT2D eigenvalue weighted by atomic mass is 32.1. The Morgan fingerprint density at radius 1 is 1.21 bits per heavy atom. The first-order valence-corrected chi connectivity index (χ1v) is 8.68. The average molecular weight is 338 g/mol. The number of amides is 1. The second-order valence-electron chi connectivity index (χ2n) is 5.21. The molecule has 0 fully saturated rings. The van der Waals surface area contributed by atoms with Gasteiger partial charge < -0.3 is 10.1 Å². The lowest BCUT2D eigenvalue weighted by Crippen LogP contribution is -2.23. The highest BCUT2D eigenvalue weighted by Crippen LogP contribution is 2.22. The first-order valence-electron chi connectivity index (χ1n) is 7.74. The first-order chi connectivity index (χ1) is 11.8. The summed E-state index contributed by atoms with van der Waals surface area (Å²) in [5.41, 5.74) is 3.70.